The Morgan fingerprint density at radius 1 is 0.227 bits per heavy atom. The van der Waals surface area contributed by atoms with Crippen molar-refractivity contribution in [2.45, 2.75) is 316 Å². The highest BCUT2D eigenvalue weighted by molar-refractivity contribution is 5.75. The predicted molar refractivity (Wildman–Crippen MR) is 414 cm³/mol. The molecule has 0 bridgehead atoms. The van der Waals surface area contributed by atoms with E-state index in [2.05, 4.69) is 5.32 Å². The standard InChI is InChI=1S/C81H107NO50/c1-31(83)82-58-65(114-41(11)93)59(52(25-103-32(2)84)124-76(58)123-51-23-21-50(102-20)22-24-51)130-79-75(122-49(19)101)70(132-81-74(121-48(18)100)68(117-44(14)96)62(111-38(8)90)55(128-81)28-106-35(5)87)64(113-40(10)92)57(129-79)30-108-78-72(119-46(16)98)69(131-80-73(120-47(17)99)67(116-43(13)95)61(110-37(7)89)54(127-80)27-105-34(4)86)63(112-39(9)91)56(126-78)29-107-77-71(118-45(15)97)66(115-42(12)94)60(109-36(6)88)53(125-77)26-104-33(3)85/h21-24,52-81H,25-30H2,1-20H3,(H,82,83)/t52-,53-,54-,55-,56-,57-,58-,59-,60-,61-,62-,63-,64-,65-,66+,67+,68+,69+,70+,71+,72+,73+,74+,75+,76-,77+,78+,79+,80-,81-/m1/s1. The molecule has 6 aliphatic heterocycles. The quantitative estimate of drug-likeness (QED) is 0.0576. The number of esters is 18. The molecule has 0 unspecified atom stereocenters. The van der Waals surface area contributed by atoms with Gasteiger partial charge in [-0.1, -0.05) is 0 Å². The summed E-state index contributed by atoms with van der Waals surface area (Å²) in [7, 11) is 1.37. The van der Waals surface area contributed by atoms with Crippen LogP contribution < -0.4 is 14.8 Å². The molecule has 0 spiro atoms. The molecule has 6 fully saturated rings. The lowest BCUT2D eigenvalue weighted by atomic mass is 9.94. The van der Waals surface area contributed by atoms with E-state index in [4.69, 9.17) is 147 Å². The Hall–Kier alpha value is -11.7. The third kappa shape index (κ3) is 31.8. The van der Waals surface area contributed by atoms with Crippen molar-refractivity contribution in [2.75, 3.05) is 46.8 Å². The predicted octanol–water partition coefficient (Wildman–Crippen LogP) is -1.59. The Bertz CT molecular complexity index is 4270. The van der Waals surface area contributed by atoms with Gasteiger partial charge in [0.2, 0.25) is 12.2 Å². The smallest absolute Gasteiger partial charge is 0.303 e. The number of ether oxygens (including phenoxy) is 31. The molecule has 1 aromatic rings. The summed E-state index contributed by atoms with van der Waals surface area (Å²) in [6.45, 7) is 10.9. The average molecular weight is 1890 g/mol. The highest BCUT2D eigenvalue weighted by Crippen LogP contribution is 2.42. The van der Waals surface area contributed by atoms with Crippen LogP contribution in [0.5, 0.6) is 11.5 Å². The van der Waals surface area contributed by atoms with Gasteiger partial charge >= 0.3 is 107 Å². The van der Waals surface area contributed by atoms with Crippen molar-refractivity contribution >= 4 is 113 Å². The molecule has 0 radical (unpaired) electrons. The number of carbonyl (C=O) groups is 19. The number of methoxy groups -OCH3 is 1. The molecule has 0 aliphatic carbocycles. The summed E-state index contributed by atoms with van der Waals surface area (Å²) in [4.78, 5) is 253. The monoisotopic (exact) mass is 1890 g/mol. The molecule has 132 heavy (non-hydrogen) atoms. The third-order valence-corrected chi connectivity index (χ3v) is 19.0. The molecule has 30 atom stereocenters. The van der Waals surface area contributed by atoms with Crippen LogP contribution in [0.4, 0.5) is 0 Å². The molecule has 6 saturated heterocycles. The molecule has 51 heteroatoms. The van der Waals surface area contributed by atoms with Crippen molar-refractivity contribution in [3.63, 3.8) is 0 Å². The zero-order valence-electron chi connectivity index (χ0n) is 75.3. The lowest BCUT2D eigenvalue weighted by molar-refractivity contribution is -0.385. The maximum Gasteiger partial charge on any atom is 0.303 e. The zero-order valence-corrected chi connectivity index (χ0v) is 75.3. The second-order valence-electron chi connectivity index (χ2n) is 30.0. The van der Waals surface area contributed by atoms with Gasteiger partial charge in [0.1, 0.15) is 98.9 Å². The van der Waals surface area contributed by atoms with Crippen LogP contribution in [-0.2, 0) is 228 Å². The van der Waals surface area contributed by atoms with E-state index in [1.54, 1.807) is 0 Å². The van der Waals surface area contributed by atoms with E-state index in [1.165, 1.54) is 31.4 Å². The van der Waals surface area contributed by atoms with Gasteiger partial charge in [-0.2, -0.15) is 0 Å². The van der Waals surface area contributed by atoms with Gasteiger partial charge in [-0.25, -0.2) is 0 Å². The van der Waals surface area contributed by atoms with E-state index < -0.39 is 337 Å². The van der Waals surface area contributed by atoms with E-state index >= 15 is 0 Å². The normalized spacial score (nSPS) is 31.8. The van der Waals surface area contributed by atoms with Crippen LogP contribution in [0.15, 0.2) is 24.3 Å². The van der Waals surface area contributed by atoms with E-state index in [0.717, 1.165) is 132 Å². The molecular weight excluding hydrogens is 1790 g/mol. The summed E-state index contributed by atoms with van der Waals surface area (Å²) in [5, 5.41) is 2.60. The molecule has 1 amide bonds. The summed E-state index contributed by atoms with van der Waals surface area (Å²) in [5.41, 5.74) is 0. The van der Waals surface area contributed by atoms with Crippen LogP contribution in [0.2, 0.25) is 0 Å². The van der Waals surface area contributed by atoms with E-state index in [-0.39, 0.29) is 5.75 Å². The number of hydrogen-bond donors (Lipinski definition) is 1. The van der Waals surface area contributed by atoms with E-state index in [9.17, 15) is 91.1 Å². The van der Waals surface area contributed by atoms with Gasteiger partial charge < -0.3 is 152 Å². The highest BCUT2D eigenvalue weighted by atomic mass is 16.8. The second kappa shape index (κ2) is 49.7. The molecule has 1 aromatic carbocycles. The van der Waals surface area contributed by atoms with Crippen LogP contribution in [0.1, 0.15) is 132 Å². The van der Waals surface area contributed by atoms with Crippen LogP contribution in [0.25, 0.3) is 0 Å². The largest absolute Gasteiger partial charge is 0.497 e. The van der Waals surface area contributed by atoms with Crippen molar-refractivity contribution in [1.29, 1.82) is 0 Å². The number of amides is 1. The molecule has 0 saturated carbocycles. The van der Waals surface area contributed by atoms with Crippen LogP contribution in [-0.4, -0.2) is 344 Å². The maximum atomic E-state index is 14.2. The molecule has 7 rings (SSSR count). The minimum atomic E-state index is -2.51. The SMILES string of the molecule is COc1ccc(O[C@@H]2O[C@H](COC(C)=O)[C@@H](O[C@@H]3O[C@H](CO[C@H]4O[C@H](CO[C@H]5O[C@H](COC(C)=O)[C@@H](OC(C)=O)[C@H](OC(C)=O)[C@@H]5OC(C)=O)[C@@H](OC(C)=O)[C@H](O[C@H]5O[C@H](COC(C)=O)[C@@H](OC(C)=O)[C@H](OC(C)=O)[C@@H]5OC(C)=O)[C@@H]4OC(C)=O)[C@@H](OC(C)=O)[C@H](O[C@H]4O[C@H](COC(C)=O)[C@@H](OC(C)=O)[C@H](OC(C)=O)[C@@H]4OC(C)=O)[C@@H]3OC(C)=O)[C@H](OC(C)=O)[C@H]2NC(C)=O)cc1. The zero-order chi connectivity index (χ0) is 98.1. The molecule has 0 aromatic heterocycles. The highest BCUT2D eigenvalue weighted by Gasteiger charge is 2.64. The topological polar surface area (TPSA) is 622 Å². The summed E-state index contributed by atoms with van der Waals surface area (Å²) >= 11 is 0. The second-order valence-corrected chi connectivity index (χ2v) is 30.0. The van der Waals surface area contributed by atoms with Crippen molar-refractivity contribution in [3.8, 4) is 11.5 Å². The van der Waals surface area contributed by atoms with Gasteiger partial charge in [-0.05, 0) is 24.3 Å². The Morgan fingerprint density at radius 2 is 0.432 bits per heavy atom. The van der Waals surface area contributed by atoms with Gasteiger partial charge in [-0.3, -0.25) is 91.1 Å². The average Bonchev–Trinajstić information content (AvgIpc) is 0.730. The van der Waals surface area contributed by atoms with Gasteiger partial charge in [0.05, 0.1) is 20.3 Å². The number of nitrogens with one attached hydrogen (secondary N) is 1. The molecule has 1 N–H and O–H groups in total. The molecule has 736 valence electrons. The van der Waals surface area contributed by atoms with Gasteiger partial charge in [0, 0.05) is 132 Å². The summed E-state index contributed by atoms with van der Waals surface area (Å²) in [6, 6.07) is 4.01. The van der Waals surface area contributed by atoms with E-state index in [1.807, 2.05) is 0 Å². The first-order chi connectivity index (χ1) is 62.0. The van der Waals surface area contributed by atoms with E-state index in [0.29, 0.717) is 5.75 Å². The third-order valence-electron chi connectivity index (χ3n) is 19.0. The summed E-state index contributed by atoms with van der Waals surface area (Å²) in [5.74, 6) is -21.1. The lowest BCUT2D eigenvalue weighted by Crippen LogP contribution is -2.70. The fourth-order valence-electron chi connectivity index (χ4n) is 14.7. The number of rotatable bonds is 38. The summed E-state index contributed by atoms with van der Waals surface area (Å²) in [6.07, 6.45) is -62.1. The molecule has 6 aliphatic rings. The molecule has 6 heterocycles. The first kappa shape index (κ1) is 107. The van der Waals surface area contributed by atoms with Gasteiger partial charge in [0.25, 0.3) is 0 Å². The fourth-order valence-corrected chi connectivity index (χ4v) is 14.7. The van der Waals surface area contributed by atoms with Crippen molar-refractivity contribution in [3.05, 3.63) is 24.3 Å². The van der Waals surface area contributed by atoms with Gasteiger partial charge in [-0.15, -0.1) is 0 Å². The Kier molecular flexibility index (Phi) is 40.4. The summed E-state index contributed by atoms with van der Waals surface area (Å²) < 4.78 is 187. The number of benzene rings is 1. The minimum absolute atomic E-state index is 0.00926. The van der Waals surface area contributed by atoms with Crippen LogP contribution >= 0.6 is 0 Å². The first-order valence-corrected chi connectivity index (χ1v) is 40.7. The van der Waals surface area contributed by atoms with Gasteiger partial charge in [0.15, 0.2) is 117 Å². The fraction of sp³-hybridized carbons (Fsp3) is 0.691. The molecule has 51 nitrogen and oxygen atoms in total. The van der Waals surface area contributed by atoms with Crippen molar-refractivity contribution in [1.82, 2.24) is 5.32 Å². The van der Waals surface area contributed by atoms with Crippen molar-refractivity contribution in [2.24, 2.45) is 0 Å². The number of hydrogen-bond acceptors (Lipinski definition) is 50. The Labute approximate surface area is 752 Å². The number of carbonyl (C=O) groups excluding carboxylic acids is 19. The van der Waals surface area contributed by atoms with Crippen LogP contribution in [0.3, 0.4) is 0 Å². The lowest BCUT2D eigenvalue weighted by Gasteiger charge is -2.51. The van der Waals surface area contributed by atoms with Crippen LogP contribution in [0, 0.1) is 0 Å². The molecular formula is C81H107NO50. The first-order valence-electron chi connectivity index (χ1n) is 40.7. The maximum absolute atomic E-state index is 14.2. The Balaban J connectivity index is 1.56. The minimum Gasteiger partial charge on any atom is -0.497 e. The van der Waals surface area contributed by atoms with Crippen molar-refractivity contribution < 1.29 is 238 Å². The Morgan fingerprint density at radius 3 is 0.705 bits per heavy atom.